The summed E-state index contributed by atoms with van der Waals surface area (Å²) in [7, 11) is -0.143. The van der Waals surface area contributed by atoms with Gasteiger partial charge in [-0.15, -0.1) is 0 Å². The third-order valence-corrected chi connectivity index (χ3v) is 9.23. The summed E-state index contributed by atoms with van der Waals surface area (Å²) in [6.07, 6.45) is 5.83. The topological polar surface area (TPSA) is 17.1 Å². The van der Waals surface area contributed by atoms with Gasteiger partial charge in [-0.1, -0.05) is 62.3 Å². The van der Waals surface area contributed by atoms with Crippen molar-refractivity contribution >= 4 is 13.7 Å². The minimum Gasteiger partial charge on any atom is -0.299 e. The van der Waals surface area contributed by atoms with Gasteiger partial charge >= 0.3 is 0 Å². The predicted octanol–water partition coefficient (Wildman–Crippen LogP) is 4.97. The molecule has 0 aromatic heterocycles. The smallest absolute Gasteiger partial charge is 0.137 e. The van der Waals surface area contributed by atoms with Gasteiger partial charge in [0.2, 0.25) is 0 Å². The van der Waals surface area contributed by atoms with Crippen LogP contribution in [0.2, 0.25) is 0 Å². The van der Waals surface area contributed by atoms with Crippen molar-refractivity contribution in [1.82, 2.24) is 0 Å². The Labute approximate surface area is 114 Å². The summed E-state index contributed by atoms with van der Waals surface area (Å²) in [5.74, 6) is 0.926. The molecule has 0 radical (unpaired) electrons. The zero-order chi connectivity index (χ0) is 13.8. The average molecular weight is 268 g/mol. The van der Waals surface area contributed by atoms with Gasteiger partial charge in [0.15, 0.2) is 0 Å². The van der Waals surface area contributed by atoms with Gasteiger partial charge in [-0.2, -0.15) is 0 Å². The lowest BCUT2D eigenvalue weighted by molar-refractivity contribution is -0.126. The number of ketones is 1. The number of fused-ring (bicyclic) bond motifs is 1. The highest BCUT2D eigenvalue weighted by Gasteiger charge is 2.58. The van der Waals surface area contributed by atoms with Crippen molar-refractivity contribution in [2.75, 3.05) is 0 Å². The fourth-order valence-corrected chi connectivity index (χ4v) is 11.1. The van der Waals surface area contributed by atoms with Crippen LogP contribution in [-0.4, -0.2) is 21.3 Å². The van der Waals surface area contributed by atoms with Crippen molar-refractivity contribution in [3.05, 3.63) is 0 Å². The van der Waals surface area contributed by atoms with Crippen molar-refractivity contribution in [3.8, 4) is 0 Å². The fraction of sp³-hybridized carbons (Fsp3) is 0.938. The van der Waals surface area contributed by atoms with Crippen LogP contribution < -0.4 is 0 Å². The summed E-state index contributed by atoms with van der Waals surface area (Å²) in [5, 5.41) is 0.863. The molecule has 2 heteroatoms. The number of rotatable bonds is 0. The molecule has 1 heterocycles. The Morgan fingerprint density at radius 1 is 1.17 bits per heavy atom. The summed E-state index contributed by atoms with van der Waals surface area (Å²) in [5.41, 5.74) is 0. The molecule has 18 heavy (non-hydrogen) atoms. The van der Waals surface area contributed by atoms with Gasteiger partial charge in [0.05, 0.1) is 0 Å². The SMILES string of the molecule is CC(C)(C)P1C(C)(C)CC(=O)C2CCCCC21C. The largest absolute Gasteiger partial charge is 0.299 e. The van der Waals surface area contributed by atoms with E-state index >= 15 is 0 Å². The molecule has 1 aliphatic carbocycles. The summed E-state index contributed by atoms with van der Waals surface area (Å²) in [4.78, 5) is 12.5. The third kappa shape index (κ3) is 2.17. The molecule has 2 rings (SSSR count). The first-order chi connectivity index (χ1) is 8.09. The Morgan fingerprint density at radius 2 is 1.78 bits per heavy atom. The van der Waals surface area contributed by atoms with E-state index in [4.69, 9.17) is 0 Å². The lowest BCUT2D eigenvalue weighted by Gasteiger charge is -2.61. The number of hydrogen-bond donors (Lipinski definition) is 0. The van der Waals surface area contributed by atoms with Crippen LogP contribution in [0.3, 0.4) is 0 Å². The van der Waals surface area contributed by atoms with Crippen molar-refractivity contribution in [2.24, 2.45) is 5.92 Å². The van der Waals surface area contributed by atoms with Crippen molar-refractivity contribution in [2.45, 2.75) is 89.1 Å². The Kier molecular flexibility index (Phi) is 3.47. The second kappa shape index (κ2) is 4.30. The van der Waals surface area contributed by atoms with Crippen molar-refractivity contribution in [1.29, 1.82) is 0 Å². The first-order valence-corrected chi connectivity index (χ1v) is 8.76. The van der Waals surface area contributed by atoms with E-state index in [9.17, 15) is 4.79 Å². The second-order valence-electron chi connectivity index (χ2n) is 8.12. The standard InChI is InChI=1S/C16H29OP/c1-14(2,3)18-15(4,5)11-13(17)12-9-7-8-10-16(12,18)6/h12H,7-11H2,1-6H3. The van der Waals surface area contributed by atoms with Crippen molar-refractivity contribution < 1.29 is 4.79 Å². The number of carbonyl (C=O) groups excluding carboxylic acids is 1. The minimum absolute atomic E-state index is 0.143. The molecule has 1 aliphatic heterocycles. The molecule has 104 valence electrons. The van der Waals surface area contributed by atoms with Crippen LogP contribution >= 0.6 is 7.92 Å². The lowest BCUT2D eigenvalue weighted by atomic mass is 9.74. The molecular formula is C16H29OP. The number of carbonyl (C=O) groups is 1. The molecule has 2 fully saturated rings. The monoisotopic (exact) mass is 268 g/mol. The predicted molar refractivity (Wildman–Crippen MR) is 80.7 cm³/mol. The van der Waals surface area contributed by atoms with Gasteiger partial charge in [0, 0.05) is 12.3 Å². The van der Waals surface area contributed by atoms with Gasteiger partial charge in [-0.3, -0.25) is 4.79 Å². The van der Waals surface area contributed by atoms with Crippen LogP contribution in [0.4, 0.5) is 0 Å². The van der Waals surface area contributed by atoms with Crippen LogP contribution in [0.15, 0.2) is 0 Å². The zero-order valence-corrected chi connectivity index (χ0v) is 13.9. The molecule has 1 saturated carbocycles. The fourth-order valence-electron chi connectivity index (χ4n) is 5.09. The van der Waals surface area contributed by atoms with Crippen molar-refractivity contribution in [3.63, 3.8) is 0 Å². The highest BCUT2D eigenvalue weighted by Crippen LogP contribution is 2.75. The van der Waals surface area contributed by atoms with E-state index in [2.05, 4.69) is 41.5 Å². The highest BCUT2D eigenvalue weighted by molar-refractivity contribution is 7.62. The third-order valence-electron chi connectivity index (χ3n) is 4.96. The highest BCUT2D eigenvalue weighted by atomic mass is 31.1. The molecule has 2 aliphatic rings. The van der Waals surface area contributed by atoms with Gasteiger partial charge < -0.3 is 0 Å². The molecule has 0 aromatic carbocycles. The normalized spacial score (nSPS) is 40.4. The molecule has 0 bridgehead atoms. The molecule has 0 amide bonds. The van der Waals surface area contributed by atoms with Gasteiger partial charge in [0.25, 0.3) is 0 Å². The van der Waals surface area contributed by atoms with E-state index < -0.39 is 0 Å². The Hall–Kier alpha value is 0.100. The quantitative estimate of drug-likeness (QED) is 0.567. The van der Waals surface area contributed by atoms with Crippen LogP contribution in [0.5, 0.6) is 0 Å². The van der Waals surface area contributed by atoms with Crippen LogP contribution in [0, 0.1) is 5.92 Å². The molecule has 3 atom stereocenters. The minimum atomic E-state index is -0.143. The maximum atomic E-state index is 12.5. The first kappa shape index (κ1) is 14.5. The second-order valence-corrected chi connectivity index (χ2v) is 12.4. The van der Waals surface area contributed by atoms with Crippen LogP contribution in [0.25, 0.3) is 0 Å². The number of hydrogen-bond acceptors (Lipinski definition) is 1. The lowest BCUT2D eigenvalue weighted by Crippen LogP contribution is -2.54. The van der Waals surface area contributed by atoms with Gasteiger partial charge in [-0.25, -0.2) is 0 Å². The molecule has 3 unspecified atom stereocenters. The molecule has 0 N–H and O–H groups in total. The van der Waals surface area contributed by atoms with E-state index in [1.165, 1.54) is 19.3 Å². The zero-order valence-electron chi connectivity index (χ0n) is 13.0. The molecule has 1 saturated heterocycles. The number of Topliss-reactive ketones (excluding diaryl/α,β-unsaturated/α-hetero) is 1. The van der Waals surface area contributed by atoms with E-state index in [0.29, 0.717) is 22.0 Å². The van der Waals surface area contributed by atoms with Gasteiger partial charge in [0.1, 0.15) is 5.78 Å². The summed E-state index contributed by atoms with van der Waals surface area (Å²) in [6, 6.07) is 0. The van der Waals surface area contributed by atoms with Crippen LogP contribution in [0.1, 0.15) is 73.6 Å². The van der Waals surface area contributed by atoms with Gasteiger partial charge in [-0.05, 0) is 28.3 Å². The Bertz CT molecular complexity index is 353. The van der Waals surface area contributed by atoms with E-state index in [1.54, 1.807) is 0 Å². The molecule has 0 spiro atoms. The van der Waals surface area contributed by atoms with Crippen LogP contribution in [-0.2, 0) is 4.79 Å². The molecule has 0 aromatic rings. The Balaban J connectivity index is 2.48. The maximum absolute atomic E-state index is 12.5. The average Bonchev–Trinajstić information content (AvgIpc) is 2.11. The van der Waals surface area contributed by atoms with E-state index in [-0.39, 0.29) is 13.1 Å². The van der Waals surface area contributed by atoms with E-state index in [0.717, 1.165) is 12.8 Å². The Morgan fingerprint density at radius 3 is 2.33 bits per heavy atom. The first-order valence-electron chi connectivity index (χ1n) is 7.42. The molecular weight excluding hydrogens is 239 g/mol. The molecule has 1 nitrogen and oxygen atoms in total. The summed E-state index contributed by atoms with van der Waals surface area (Å²) < 4.78 is 0. The van der Waals surface area contributed by atoms with E-state index in [1.807, 2.05) is 0 Å². The summed E-state index contributed by atoms with van der Waals surface area (Å²) >= 11 is 0. The summed E-state index contributed by atoms with van der Waals surface area (Å²) in [6.45, 7) is 14.3. The maximum Gasteiger partial charge on any atom is 0.137 e.